The highest BCUT2D eigenvalue weighted by atomic mass is 16.6. The third-order valence-electron chi connectivity index (χ3n) is 3.16. The van der Waals surface area contributed by atoms with E-state index in [0.29, 0.717) is 0 Å². The molecule has 1 atom stereocenters. The van der Waals surface area contributed by atoms with Gasteiger partial charge < -0.3 is 10.1 Å². The minimum atomic E-state index is -0.835. The number of carbonyl (C=O) groups is 2. The number of esters is 1. The number of ether oxygens (including phenoxy) is 1. The highest BCUT2D eigenvalue weighted by Crippen LogP contribution is 2.33. The molecule has 0 aromatic heterocycles. The van der Waals surface area contributed by atoms with Gasteiger partial charge >= 0.3 is 5.97 Å². The molecule has 1 rings (SSSR count). The van der Waals surface area contributed by atoms with Crippen LogP contribution in [0.5, 0.6) is 0 Å². The van der Waals surface area contributed by atoms with Crippen molar-refractivity contribution in [3.8, 4) is 0 Å². The zero-order valence-corrected chi connectivity index (χ0v) is 10.3. The first-order chi connectivity index (χ1) is 7.44. The molecule has 0 aromatic rings. The molecule has 1 saturated carbocycles. The molecule has 4 heteroatoms. The lowest BCUT2D eigenvalue weighted by atomic mass is 9.82. The van der Waals surface area contributed by atoms with E-state index in [1.807, 2.05) is 0 Å². The first-order valence-electron chi connectivity index (χ1n) is 5.92. The highest BCUT2D eigenvalue weighted by molar-refractivity contribution is 5.74. The Morgan fingerprint density at radius 1 is 1.19 bits per heavy atom. The Morgan fingerprint density at radius 3 is 2.19 bits per heavy atom. The van der Waals surface area contributed by atoms with Gasteiger partial charge in [-0.15, -0.1) is 0 Å². The molecule has 0 spiro atoms. The van der Waals surface area contributed by atoms with Crippen LogP contribution >= 0.6 is 0 Å². The van der Waals surface area contributed by atoms with E-state index in [4.69, 9.17) is 4.74 Å². The summed E-state index contributed by atoms with van der Waals surface area (Å²) < 4.78 is 5.32. The van der Waals surface area contributed by atoms with Gasteiger partial charge in [0.05, 0.1) is 0 Å². The van der Waals surface area contributed by atoms with Crippen molar-refractivity contribution in [3.63, 3.8) is 0 Å². The van der Waals surface area contributed by atoms with E-state index in [0.717, 1.165) is 25.7 Å². The van der Waals surface area contributed by atoms with Crippen LogP contribution in [0.25, 0.3) is 0 Å². The second kappa shape index (κ2) is 5.32. The molecule has 1 amide bonds. The van der Waals surface area contributed by atoms with Gasteiger partial charge in [-0.1, -0.05) is 19.3 Å². The predicted molar refractivity (Wildman–Crippen MR) is 60.6 cm³/mol. The molecule has 0 radical (unpaired) electrons. The molecule has 1 N–H and O–H groups in total. The van der Waals surface area contributed by atoms with Crippen molar-refractivity contribution < 1.29 is 14.3 Å². The summed E-state index contributed by atoms with van der Waals surface area (Å²) >= 11 is 0. The zero-order valence-electron chi connectivity index (χ0n) is 10.3. The lowest BCUT2D eigenvalue weighted by Crippen LogP contribution is -2.54. The summed E-state index contributed by atoms with van der Waals surface area (Å²) in [4.78, 5) is 22.3. The number of hydrogen-bond donors (Lipinski definition) is 1. The molecule has 16 heavy (non-hydrogen) atoms. The molecular weight excluding hydrogens is 206 g/mol. The van der Waals surface area contributed by atoms with Crippen LogP contribution in [0.4, 0.5) is 0 Å². The second-order valence-corrected chi connectivity index (χ2v) is 4.72. The Balaban J connectivity index is 2.74. The number of nitrogens with one attached hydrogen (secondary N) is 1. The molecule has 1 aliphatic rings. The molecule has 0 aromatic carbocycles. The molecule has 0 aliphatic heterocycles. The van der Waals surface area contributed by atoms with Crippen LogP contribution in [0, 0.1) is 5.92 Å². The molecule has 0 bridgehead atoms. The fourth-order valence-corrected chi connectivity index (χ4v) is 2.51. The topological polar surface area (TPSA) is 55.4 Å². The highest BCUT2D eigenvalue weighted by Gasteiger charge is 2.38. The summed E-state index contributed by atoms with van der Waals surface area (Å²) in [5.41, 5.74) is -0.835. The molecule has 0 heterocycles. The standard InChI is InChI=1S/C12H21NO3/c1-9(14)13-12(3,16-10(2)15)11-7-5-4-6-8-11/h11H,4-8H2,1-3H3,(H,13,14). The average Bonchev–Trinajstić information content (AvgIpc) is 2.16. The van der Waals surface area contributed by atoms with Gasteiger partial charge in [0.1, 0.15) is 0 Å². The van der Waals surface area contributed by atoms with Crippen LogP contribution < -0.4 is 5.32 Å². The van der Waals surface area contributed by atoms with E-state index in [-0.39, 0.29) is 17.8 Å². The third kappa shape index (κ3) is 3.51. The molecule has 1 fully saturated rings. The minimum absolute atomic E-state index is 0.158. The van der Waals surface area contributed by atoms with Gasteiger partial charge in [-0.2, -0.15) is 0 Å². The van der Waals surface area contributed by atoms with Crippen LogP contribution in [0.2, 0.25) is 0 Å². The first-order valence-corrected chi connectivity index (χ1v) is 5.92. The smallest absolute Gasteiger partial charge is 0.304 e. The quantitative estimate of drug-likeness (QED) is 0.592. The van der Waals surface area contributed by atoms with Crippen LogP contribution in [-0.4, -0.2) is 17.6 Å². The van der Waals surface area contributed by atoms with Crippen molar-refractivity contribution in [3.05, 3.63) is 0 Å². The minimum Gasteiger partial charge on any atom is -0.439 e. The van der Waals surface area contributed by atoms with Crippen LogP contribution in [0.1, 0.15) is 52.9 Å². The van der Waals surface area contributed by atoms with Gasteiger partial charge in [-0.3, -0.25) is 9.59 Å². The van der Waals surface area contributed by atoms with Crippen LogP contribution in [-0.2, 0) is 14.3 Å². The number of amides is 1. The summed E-state index contributed by atoms with van der Waals surface area (Å²) in [5.74, 6) is -0.273. The van der Waals surface area contributed by atoms with Crippen molar-refractivity contribution in [2.45, 2.75) is 58.6 Å². The Hall–Kier alpha value is -1.06. The molecule has 92 valence electrons. The van der Waals surface area contributed by atoms with Crippen molar-refractivity contribution in [1.29, 1.82) is 0 Å². The van der Waals surface area contributed by atoms with Crippen molar-refractivity contribution in [1.82, 2.24) is 5.32 Å². The summed E-state index contributed by atoms with van der Waals surface area (Å²) in [6, 6.07) is 0. The normalized spacial score (nSPS) is 20.9. The second-order valence-electron chi connectivity index (χ2n) is 4.72. The summed E-state index contributed by atoms with van der Waals surface area (Å²) in [6.07, 6.45) is 5.52. The van der Waals surface area contributed by atoms with E-state index in [1.54, 1.807) is 6.92 Å². The molecule has 1 unspecified atom stereocenters. The number of rotatable bonds is 3. The molecule has 4 nitrogen and oxygen atoms in total. The fourth-order valence-electron chi connectivity index (χ4n) is 2.51. The van der Waals surface area contributed by atoms with Gasteiger partial charge in [0.15, 0.2) is 5.72 Å². The molecular formula is C12H21NO3. The van der Waals surface area contributed by atoms with Gasteiger partial charge in [0.2, 0.25) is 5.91 Å². The van der Waals surface area contributed by atoms with E-state index < -0.39 is 5.72 Å². The first kappa shape index (κ1) is 13.0. The molecule has 1 aliphatic carbocycles. The lowest BCUT2D eigenvalue weighted by molar-refractivity contribution is -0.169. The number of hydrogen-bond acceptors (Lipinski definition) is 3. The Labute approximate surface area is 96.7 Å². The van der Waals surface area contributed by atoms with Gasteiger partial charge in [-0.05, 0) is 19.8 Å². The van der Waals surface area contributed by atoms with E-state index in [1.165, 1.54) is 20.3 Å². The van der Waals surface area contributed by atoms with Crippen molar-refractivity contribution in [2.24, 2.45) is 5.92 Å². The average molecular weight is 227 g/mol. The summed E-state index contributed by atoms with van der Waals surface area (Å²) in [6.45, 7) is 4.62. The summed E-state index contributed by atoms with van der Waals surface area (Å²) in [7, 11) is 0. The Morgan fingerprint density at radius 2 is 1.75 bits per heavy atom. The van der Waals surface area contributed by atoms with Gasteiger partial charge in [-0.25, -0.2) is 0 Å². The maximum Gasteiger partial charge on any atom is 0.304 e. The van der Waals surface area contributed by atoms with Crippen LogP contribution in [0.3, 0.4) is 0 Å². The lowest BCUT2D eigenvalue weighted by Gasteiger charge is -2.39. The molecule has 0 saturated heterocycles. The van der Waals surface area contributed by atoms with Crippen molar-refractivity contribution in [2.75, 3.05) is 0 Å². The maximum atomic E-state index is 11.2. The number of carbonyl (C=O) groups excluding carboxylic acids is 2. The Bertz CT molecular complexity index is 253. The summed E-state index contributed by atoms with van der Waals surface area (Å²) in [5, 5.41) is 2.78. The van der Waals surface area contributed by atoms with Crippen molar-refractivity contribution >= 4 is 11.9 Å². The van der Waals surface area contributed by atoms with Gasteiger partial charge in [0, 0.05) is 19.8 Å². The predicted octanol–water partition coefficient (Wildman–Crippen LogP) is 1.98. The monoisotopic (exact) mass is 227 g/mol. The Kier molecular flexibility index (Phi) is 4.33. The van der Waals surface area contributed by atoms with E-state index >= 15 is 0 Å². The SMILES string of the molecule is CC(=O)NC(C)(OC(C)=O)C1CCCCC1. The van der Waals surface area contributed by atoms with E-state index in [9.17, 15) is 9.59 Å². The van der Waals surface area contributed by atoms with E-state index in [2.05, 4.69) is 5.32 Å². The maximum absolute atomic E-state index is 11.2. The zero-order chi connectivity index (χ0) is 12.2. The van der Waals surface area contributed by atoms with Crippen LogP contribution in [0.15, 0.2) is 0 Å². The largest absolute Gasteiger partial charge is 0.439 e. The fraction of sp³-hybridized carbons (Fsp3) is 0.833. The third-order valence-corrected chi connectivity index (χ3v) is 3.16. The van der Waals surface area contributed by atoms with Gasteiger partial charge in [0.25, 0.3) is 0 Å².